The third-order valence-electron chi connectivity index (χ3n) is 10.9. The minimum atomic E-state index is -0.551. The van der Waals surface area contributed by atoms with Gasteiger partial charge in [-0.3, -0.25) is 9.78 Å². The predicted octanol–water partition coefficient (Wildman–Crippen LogP) is 6.96. The number of carbonyl (C=O) groups excluding carboxylic acids is 1. The normalized spacial score (nSPS) is 18.1. The summed E-state index contributed by atoms with van der Waals surface area (Å²) in [5.41, 5.74) is 4.41. The Kier molecular flexibility index (Phi) is 11.1. The van der Waals surface area contributed by atoms with Crippen LogP contribution in [0.4, 0.5) is 10.3 Å². The number of fused-ring (bicyclic) bond motifs is 1. The van der Waals surface area contributed by atoms with Crippen molar-refractivity contribution in [1.29, 1.82) is 0 Å². The first kappa shape index (κ1) is 36.2. The standard InChI is InChI=1S/C42H49FN6O4/c1-51-37-25-31(26-38(52-2)39(37)53-3)28-48-24-19-42(40(48)50,27-30-12-14-32(43)15-13-30)18-8-21-47-22-16-33(17-23-47)45-41-46-35-10-4-5-11-36(35)49(41)29-34-9-6-7-20-44-34/h4-7,9-15,20,25-26,33H,8,16-19,21-24,27-29H2,1-3H3,(H,45,46). The Hall–Kier alpha value is -5.16. The molecule has 0 bridgehead atoms. The number of likely N-dealkylation sites (tertiary alicyclic amines) is 2. The number of para-hydroxylation sites is 2. The number of piperidine rings is 1. The lowest BCUT2D eigenvalue weighted by Gasteiger charge is -2.34. The Morgan fingerprint density at radius 1 is 0.868 bits per heavy atom. The van der Waals surface area contributed by atoms with E-state index in [1.807, 2.05) is 59.6 Å². The molecule has 1 atom stereocenters. The highest BCUT2D eigenvalue weighted by atomic mass is 19.1. The van der Waals surface area contributed by atoms with Gasteiger partial charge < -0.3 is 33.9 Å². The molecule has 53 heavy (non-hydrogen) atoms. The quantitative estimate of drug-likeness (QED) is 0.124. The summed E-state index contributed by atoms with van der Waals surface area (Å²) in [6, 6.07) is 25.0. The van der Waals surface area contributed by atoms with E-state index in [4.69, 9.17) is 19.2 Å². The summed E-state index contributed by atoms with van der Waals surface area (Å²) in [6.45, 7) is 4.63. The number of amides is 1. The van der Waals surface area contributed by atoms with Crippen LogP contribution in [0.25, 0.3) is 11.0 Å². The van der Waals surface area contributed by atoms with Crippen LogP contribution in [0.3, 0.4) is 0 Å². The van der Waals surface area contributed by atoms with Gasteiger partial charge in [-0.25, -0.2) is 9.37 Å². The van der Waals surface area contributed by atoms with Crippen LogP contribution in [-0.2, 0) is 24.3 Å². The van der Waals surface area contributed by atoms with E-state index in [9.17, 15) is 9.18 Å². The zero-order valence-corrected chi connectivity index (χ0v) is 30.9. The van der Waals surface area contributed by atoms with Crippen LogP contribution in [0.5, 0.6) is 17.2 Å². The highest BCUT2D eigenvalue weighted by molar-refractivity contribution is 5.85. The molecule has 2 saturated heterocycles. The number of anilines is 1. The molecule has 4 heterocycles. The second-order valence-corrected chi connectivity index (χ2v) is 14.3. The molecule has 5 aromatic rings. The first-order valence-corrected chi connectivity index (χ1v) is 18.5. The van der Waals surface area contributed by atoms with E-state index < -0.39 is 5.41 Å². The number of nitrogens with one attached hydrogen (secondary N) is 1. The van der Waals surface area contributed by atoms with Crippen LogP contribution in [0.2, 0.25) is 0 Å². The number of nitrogens with zero attached hydrogens (tertiary/aromatic N) is 5. The van der Waals surface area contributed by atoms with Crippen LogP contribution in [0.1, 0.15) is 48.9 Å². The van der Waals surface area contributed by atoms with Gasteiger partial charge in [-0.05, 0) is 105 Å². The van der Waals surface area contributed by atoms with E-state index in [1.165, 1.54) is 12.1 Å². The summed E-state index contributed by atoms with van der Waals surface area (Å²) in [5.74, 6) is 2.41. The average molecular weight is 721 g/mol. The number of hydrogen-bond donors (Lipinski definition) is 1. The van der Waals surface area contributed by atoms with E-state index in [0.29, 0.717) is 49.3 Å². The number of rotatable bonds is 15. The summed E-state index contributed by atoms with van der Waals surface area (Å²) in [5, 5.41) is 3.77. The molecule has 278 valence electrons. The van der Waals surface area contributed by atoms with Crippen molar-refractivity contribution in [2.75, 3.05) is 52.8 Å². The van der Waals surface area contributed by atoms with Crippen molar-refractivity contribution in [3.8, 4) is 17.2 Å². The largest absolute Gasteiger partial charge is 0.493 e. The Bertz CT molecular complexity index is 1970. The van der Waals surface area contributed by atoms with Crippen LogP contribution < -0.4 is 19.5 Å². The fraction of sp³-hybridized carbons (Fsp3) is 0.405. The number of halogens is 1. The van der Waals surface area contributed by atoms with Crippen molar-refractivity contribution in [2.24, 2.45) is 5.41 Å². The van der Waals surface area contributed by atoms with Gasteiger partial charge in [-0.1, -0.05) is 30.3 Å². The molecule has 2 aliphatic heterocycles. The number of imidazole rings is 1. The summed E-state index contributed by atoms with van der Waals surface area (Å²) in [6.07, 6.45) is 6.86. The highest BCUT2D eigenvalue weighted by Gasteiger charge is 2.46. The zero-order valence-electron chi connectivity index (χ0n) is 30.9. The third-order valence-corrected chi connectivity index (χ3v) is 10.9. The molecule has 3 aromatic carbocycles. The topological polar surface area (TPSA) is 94.0 Å². The number of carbonyl (C=O) groups is 1. The van der Waals surface area contributed by atoms with Crippen molar-refractivity contribution in [3.63, 3.8) is 0 Å². The Balaban J connectivity index is 0.987. The molecule has 0 spiro atoms. The van der Waals surface area contributed by atoms with Crippen LogP contribution >= 0.6 is 0 Å². The van der Waals surface area contributed by atoms with Crippen LogP contribution in [0.15, 0.2) is 85.1 Å². The van der Waals surface area contributed by atoms with Crippen molar-refractivity contribution in [1.82, 2.24) is 24.3 Å². The van der Waals surface area contributed by atoms with Crippen molar-refractivity contribution >= 4 is 22.9 Å². The molecule has 1 unspecified atom stereocenters. The number of hydrogen-bond acceptors (Lipinski definition) is 8. The highest BCUT2D eigenvalue weighted by Crippen LogP contribution is 2.43. The second-order valence-electron chi connectivity index (χ2n) is 14.3. The Morgan fingerprint density at radius 2 is 1.60 bits per heavy atom. The van der Waals surface area contributed by atoms with E-state index in [2.05, 4.69) is 38.0 Å². The van der Waals surface area contributed by atoms with Gasteiger partial charge in [0.25, 0.3) is 0 Å². The second kappa shape index (κ2) is 16.2. The minimum absolute atomic E-state index is 0.145. The summed E-state index contributed by atoms with van der Waals surface area (Å²) in [4.78, 5) is 28.4. The fourth-order valence-electron chi connectivity index (χ4n) is 8.09. The number of ether oxygens (including phenoxy) is 3. The maximum Gasteiger partial charge on any atom is 0.229 e. The smallest absolute Gasteiger partial charge is 0.229 e. The van der Waals surface area contributed by atoms with Crippen molar-refractivity contribution in [2.45, 2.75) is 57.7 Å². The van der Waals surface area contributed by atoms with Gasteiger partial charge >= 0.3 is 0 Å². The summed E-state index contributed by atoms with van der Waals surface area (Å²) >= 11 is 0. The van der Waals surface area contributed by atoms with Crippen LogP contribution in [0, 0.1) is 11.2 Å². The molecule has 7 rings (SSSR count). The average Bonchev–Trinajstić information content (AvgIpc) is 3.68. The maximum absolute atomic E-state index is 14.4. The molecule has 2 aliphatic rings. The zero-order chi connectivity index (χ0) is 36.8. The Morgan fingerprint density at radius 3 is 2.30 bits per heavy atom. The van der Waals surface area contributed by atoms with Gasteiger partial charge in [0.05, 0.1) is 50.0 Å². The van der Waals surface area contributed by atoms with Crippen molar-refractivity contribution in [3.05, 3.63) is 108 Å². The molecule has 2 fully saturated rings. The lowest BCUT2D eigenvalue weighted by atomic mass is 9.76. The van der Waals surface area contributed by atoms with Gasteiger partial charge in [0.1, 0.15) is 5.82 Å². The van der Waals surface area contributed by atoms with Gasteiger partial charge in [-0.15, -0.1) is 0 Å². The lowest BCUT2D eigenvalue weighted by Crippen LogP contribution is -2.41. The van der Waals surface area contributed by atoms with E-state index in [1.54, 1.807) is 21.3 Å². The number of pyridine rings is 1. The molecular weight excluding hydrogens is 671 g/mol. The predicted molar refractivity (Wildman–Crippen MR) is 204 cm³/mol. The fourth-order valence-corrected chi connectivity index (χ4v) is 8.09. The first-order valence-electron chi connectivity index (χ1n) is 18.5. The first-order chi connectivity index (χ1) is 25.9. The van der Waals surface area contributed by atoms with Crippen molar-refractivity contribution < 1.29 is 23.4 Å². The molecule has 1 N–H and O–H groups in total. The molecular formula is C42H49FN6O4. The molecule has 2 aromatic heterocycles. The third kappa shape index (κ3) is 8.10. The monoisotopic (exact) mass is 720 g/mol. The minimum Gasteiger partial charge on any atom is -0.493 e. The molecule has 11 heteroatoms. The lowest BCUT2D eigenvalue weighted by molar-refractivity contribution is -0.137. The number of aromatic nitrogens is 3. The SMILES string of the molecule is COc1cc(CN2CCC(CCCN3CCC(Nc4nc5ccccc5n4Cc4ccccn4)CC3)(Cc3ccc(F)cc3)C2=O)cc(OC)c1OC. The molecule has 1 amide bonds. The van der Waals surface area contributed by atoms with Crippen LogP contribution in [-0.4, -0.2) is 83.8 Å². The summed E-state index contributed by atoms with van der Waals surface area (Å²) < 4.78 is 32.7. The molecule has 0 radical (unpaired) electrons. The van der Waals surface area contributed by atoms with Gasteiger partial charge in [0.2, 0.25) is 17.6 Å². The molecule has 0 aliphatic carbocycles. The van der Waals surface area contributed by atoms with Gasteiger partial charge in [-0.2, -0.15) is 0 Å². The number of methoxy groups -OCH3 is 3. The maximum atomic E-state index is 14.4. The Labute approximate surface area is 310 Å². The van der Waals surface area contributed by atoms with E-state index in [0.717, 1.165) is 85.5 Å². The van der Waals surface area contributed by atoms with Gasteiger partial charge in [0, 0.05) is 38.4 Å². The van der Waals surface area contributed by atoms with Gasteiger partial charge in [0.15, 0.2) is 11.5 Å². The number of benzene rings is 3. The summed E-state index contributed by atoms with van der Waals surface area (Å²) in [7, 11) is 4.77. The molecule has 0 saturated carbocycles. The van der Waals surface area contributed by atoms with E-state index >= 15 is 0 Å². The molecule has 10 nitrogen and oxygen atoms in total. The van der Waals surface area contributed by atoms with E-state index in [-0.39, 0.29) is 11.7 Å².